The molecule has 2 unspecified atom stereocenters. The Morgan fingerprint density at radius 1 is 1.60 bits per heavy atom. The molecule has 0 radical (unpaired) electrons. The maximum Gasteiger partial charge on any atom is 0.408 e. The van der Waals surface area contributed by atoms with E-state index in [-0.39, 0.29) is 23.7 Å². The van der Waals surface area contributed by atoms with Crippen molar-refractivity contribution in [3.05, 3.63) is 12.3 Å². The van der Waals surface area contributed by atoms with Gasteiger partial charge in [-0.3, -0.25) is 9.48 Å². The minimum Gasteiger partial charge on any atom is -0.378 e. The summed E-state index contributed by atoms with van der Waals surface area (Å²) in [6.07, 6.45) is -1.84. The fourth-order valence-corrected chi connectivity index (χ4v) is 2.19. The number of nitrogens with zero attached hydrogens (tertiary/aromatic N) is 2. The molecule has 1 aromatic heterocycles. The van der Waals surface area contributed by atoms with Crippen LogP contribution in [0.2, 0.25) is 0 Å². The Kier molecular flexibility index (Phi) is 4.32. The smallest absolute Gasteiger partial charge is 0.378 e. The van der Waals surface area contributed by atoms with Crippen molar-refractivity contribution in [2.45, 2.75) is 38.6 Å². The number of rotatable bonds is 3. The Balaban J connectivity index is 1.94. The van der Waals surface area contributed by atoms with Gasteiger partial charge in [0, 0.05) is 18.9 Å². The fourth-order valence-electron chi connectivity index (χ4n) is 2.19. The topological polar surface area (TPSA) is 56.1 Å². The average molecular weight is 291 g/mol. The molecular formula is C12H16F3N3O2. The van der Waals surface area contributed by atoms with Gasteiger partial charge in [0.25, 0.3) is 0 Å². The van der Waals surface area contributed by atoms with Crippen LogP contribution in [0, 0.1) is 5.92 Å². The van der Waals surface area contributed by atoms with E-state index in [1.54, 1.807) is 0 Å². The summed E-state index contributed by atoms with van der Waals surface area (Å²) >= 11 is 0. The van der Waals surface area contributed by atoms with E-state index in [4.69, 9.17) is 4.74 Å². The van der Waals surface area contributed by atoms with Gasteiger partial charge in [-0.2, -0.15) is 18.3 Å². The van der Waals surface area contributed by atoms with Crippen molar-refractivity contribution in [3.63, 3.8) is 0 Å². The molecule has 1 aromatic rings. The fraction of sp³-hybridized carbons (Fsp3) is 0.667. The molecule has 1 N–H and O–H groups in total. The Labute approximate surface area is 114 Å². The first-order valence-electron chi connectivity index (χ1n) is 6.38. The first-order valence-corrected chi connectivity index (χ1v) is 6.38. The normalized spacial score (nSPS) is 23.6. The van der Waals surface area contributed by atoms with Gasteiger partial charge in [-0.25, -0.2) is 0 Å². The first-order chi connectivity index (χ1) is 9.35. The zero-order valence-electron chi connectivity index (χ0n) is 11.0. The van der Waals surface area contributed by atoms with Crippen LogP contribution in [0.3, 0.4) is 0 Å². The van der Waals surface area contributed by atoms with E-state index in [9.17, 15) is 18.0 Å². The van der Waals surface area contributed by atoms with Gasteiger partial charge in [0.05, 0.1) is 12.0 Å². The van der Waals surface area contributed by atoms with Crippen molar-refractivity contribution in [1.82, 2.24) is 9.78 Å². The molecular weight excluding hydrogens is 275 g/mol. The minimum atomic E-state index is -4.33. The van der Waals surface area contributed by atoms with Crippen LogP contribution in [0.4, 0.5) is 19.0 Å². The number of aromatic nitrogens is 2. The lowest BCUT2D eigenvalue weighted by atomic mass is 9.94. The second-order valence-corrected chi connectivity index (χ2v) is 4.83. The number of hydrogen-bond donors (Lipinski definition) is 1. The quantitative estimate of drug-likeness (QED) is 0.929. The third-order valence-corrected chi connectivity index (χ3v) is 3.18. The van der Waals surface area contributed by atoms with Gasteiger partial charge in [0.15, 0.2) is 5.82 Å². The molecule has 112 valence electrons. The molecule has 8 heteroatoms. The van der Waals surface area contributed by atoms with E-state index < -0.39 is 12.7 Å². The highest BCUT2D eigenvalue weighted by molar-refractivity contribution is 5.92. The van der Waals surface area contributed by atoms with Crippen molar-refractivity contribution in [2.24, 2.45) is 5.92 Å². The van der Waals surface area contributed by atoms with E-state index in [1.165, 1.54) is 12.3 Å². The average Bonchev–Trinajstić information content (AvgIpc) is 2.74. The molecule has 2 heterocycles. The lowest BCUT2D eigenvalue weighted by Gasteiger charge is -2.27. The van der Waals surface area contributed by atoms with Crippen LogP contribution in [-0.2, 0) is 16.1 Å². The lowest BCUT2D eigenvalue weighted by molar-refractivity contribution is -0.142. The molecule has 0 saturated carbocycles. The predicted octanol–water partition coefficient (Wildman–Crippen LogP) is 2.20. The second kappa shape index (κ2) is 5.82. The SMILES string of the molecule is CC1OCCCC1C(=O)Nc1ccn(CC(F)(F)F)n1. The zero-order chi connectivity index (χ0) is 14.8. The molecule has 1 amide bonds. The third-order valence-electron chi connectivity index (χ3n) is 3.18. The molecule has 0 aromatic carbocycles. The largest absolute Gasteiger partial charge is 0.408 e. The predicted molar refractivity (Wildman–Crippen MR) is 65.0 cm³/mol. The van der Waals surface area contributed by atoms with Gasteiger partial charge < -0.3 is 10.1 Å². The van der Waals surface area contributed by atoms with Gasteiger partial charge in [0.1, 0.15) is 6.54 Å². The summed E-state index contributed by atoms with van der Waals surface area (Å²) in [4.78, 5) is 12.0. The number of ether oxygens (including phenoxy) is 1. The summed E-state index contributed by atoms with van der Waals surface area (Å²) in [5.41, 5.74) is 0. The van der Waals surface area contributed by atoms with Gasteiger partial charge >= 0.3 is 6.18 Å². The minimum absolute atomic E-state index is 0.122. The third kappa shape index (κ3) is 3.96. The lowest BCUT2D eigenvalue weighted by Crippen LogP contribution is -2.36. The van der Waals surface area contributed by atoms with Crippen LogP contribution in [0.15, 0.2) is 12.3 Å². The van der Waals surface area contributed by atoms with Crippen LogP contribution in [0.1, 0.15) is 19.8 Å². The highest BCUT2D eigenvalue weighted by atomic mass is 19.4. The van der Waals surface area contributed by atoms with Crippen LogP contribution in [0.5, 0.6) is 0 Å². The van der Waals surface area contributed by atoms with Gasteiger partial charge in [-0.05, 0) is 19.8 Å². The van der Waals surface area contributed by atoms with E-state index in [1.807, 2.05) is 6.92 Å². The molecule has 1 fully saturated rings. The molecule has 5 nitrogen and oxygen atoms in total. The molecule has 2 atom stereocenters. The standard InChI is InChI=1S/C12H16F3N3O2/c1-8-9(3-2-6-20-8)11(19)16-10-4-5-18(17-10)7-12(13,14)15/h4-5,8-9H,2-3,6-7H2,1H3,(H,16,17,19). The summed E-state index contributed by atoms with van der Waals surface area (Å²) in [6.45, 7) is 1.27. The van der Waals surface area contributed by atoms with Crippen LogP contribution in [0.25, 0.3) is 0 Å². The Bertz CT molecular complexity index is 473. The molecule has 0 aliphatic carbocycles. The molecule has 1 aliphatic heterocycles. The highest BCUT2D eigenvalue weighted by Gasteiger charge is 2.30. The molecule has 0 spiro atoms. The van der Waals surface area contributed by atoms with Crippen molar-refractivity contribution in [2.75, 3.05) is 11.9 Å². The van der Waals surface area contributed by atoms with Gasteiger partial charge in [-0.15, -0.1) is 0 Å². The maximum absolute atomic E-state index is 12.2. The summed E-state index contributed by atoms with van der Waals surface area (Å²) in [5, 5.41) is 6.21. The zero-order valence-corrected chi connectivity index (χ0v) is 11.0. The maximum atomic E-state index is 12.2. The van der Waals surface area contributed by atoms with Gasteiger partial charge in [-0.1, -0.05) is 0 Å². The van der Waals surface area contributed by atoms with Crippen molar-refractivity contribution < 1.29 is 22.7 Å². The number of anilines is 1. The number of nitrogens with one attached hydrogen (secondary N) is 1. The Morgan fingerprint density at radius 2 is 2.35 bits per heavy atom. The molecule has 0 bridgehead atoms. The van der Waals surface area contributed by atoms with Crippen LogP contribution < -0.4 is 5.32 Å². The van der Waals surface area contributed by atoms with E-state index in [2.05, 4.69) is 10.4 Å². The number of halogens is 3. The molecule has 1 aliphatic rings. The van der Waals surface area contributed by atoms with E-state index >= 15 is 0 Å². The van der Waals surface area contributed by atoms with Gasteiger partial charge in [0.2, 0.25) is 5.91 Å². The Hall–Kier alpha value is -1.57. The summed E-state index contributed by atoms with van der Waals surface area (Å²) in [7, 11) is 0. The summed E-state index contributed by atoms with van der Waals surface area (Å²) in [6, 6.07) is 1.35. The van der Waals surface area contributed by atoms with Crippen molar-refractivity contribution in [1.29, 1.82) is 0 Å². The number of alkyl halides is 3. The first kappa shape index (κ1) is 14.8. The van der Waals surface area contributed by atoms with E-state index in [0.717, 1.165) is 11.1 Å². The van der Waals surface area contributed by atoms with Crippen LogP contribution >= 0.6 is 0 Å². The Morgan fingerprint density at radius 3 is 3.00 bits per heavy atom. The number of amides is 1. The van der Waals surface area contributed by atoms with Crippen molar-refractivity contribution >= 4 is 11.7 Å². The van der Waals surface area contributed by atoms with Crippen LogP contribution in [-0.4, -0.2) is 34.6 Å². The molecule has 20 heavy (non-hydrogen) atoms. The monoisotopic (exact) mass is 291 g/mol. The van der Waals surface area contributed by atoms with E-state index in [0.29, 0.717) is 13.0 Å². The molecule has 1 saturated heterocycles. The number of carbonyl (C=O) groups excluding carboxylic acids is 1. The molecule has 2 rings (SSSR count). The number of carbonyl (C=O) groups is 1. The van der Waals surface area contributed by atoms with Crippen molar-refractivity contribution in [3.8, 4) is 0 Å². The second-order valence-electron chi connectivity index (χ2n) is 4.83. The summed E-state index contributed by atoms with van der Waals surface area (Å²) in [5.74, 6) is -0.442. The summed E-state index contributed by atoms with van der Waals surface area (Å²) < 4.78 is 42.7. The number of hydrogen-bond acceptors (Lipinski definition) is 3. The highest BCUT2D eigenvalue weighted by Crippen LogP contribution is 2.22.